The van der Waals surface area contributed by atoms with E-state index in [2.05, 4.69) is 9.88 Å². The van der Waals surface area contributed by atoms with E-state index >= 15 is 0 Å². The normalized spacial score (nSPS) is 14.8. The molecule has 4 rings (SSSR count). The number of nitrogens with zero attached hydrogens (tertiary/aromatic N) is 2. The van der Waals surface area contributed by atoms with E-state index in [-0.39, 0.29) is 11.2 Å². The number of rotatable bonds is 10. The number of benzene rings is 1. The average molecular weight is 492 g/mol. The van der Waals surface area contributed by atoms with Gasteiger partial charge >= 0.3 is 6.18 Å². The Kier molecular flexibility index (Phi) is 8.25. The van der Waals surface area contributed by atoms with Crippen LogP contribution in [0.3, 0.4) is 0 Å². The van der Waals surface area contributed by atoms with Crippen molar-refractivity contribution in [3.05, 3.63) is 64.3 Å². The molecule has 0 radical (unpaired) electrons. The molecule has 1 aliphatic rings. The molecular weight excluding hydrogens is 465 g/mol. The van der Waals surface area contributed by atoms with Gasteiger partial charge in [0.15, 0.2) is 0 Å². The largest absolute Gasteiger partial charge is 0.493 e. The Bertz CT molecular complexity index is 1180. The summed E-state index contributed by atoms with van der Waals surface area (Å²) in [7, 11) is 0. The SMILES string of the molecule is O=c1cc(CN2CCOCC2)occ1OCCCCCOc1ccnc2ccc(C(F)(F)F)cc12. The second kappa shape index (κ2) is 11.5. The van der Waals surface area contributed by atoms with Crippen LogP contribution in [0.15, 0.2) is 52.0 Å². The molecule has 3 heterocycles. The number of unbranched alkanes of at least 4 members (excludes halogenated alkanes) is 2. The Hall–Kier alpha value is -3.11. The monoisotopic (exact) mass is 492 g/mol. The summed E-state index contributed by atoms with van der Waals surface area (Å²) in [6.45, 7) is 4.20. The molecule has 7 nitrogen and oxygen atoms in total. The molecule has 0 atom stereocenters. The van der Waals surface area contributed by atoms with Gasteiger partial charge < -0.3 is 18.6 Å². The molecule has 1 aromatic carbocycles. The number of alkyl halides is 3. The minimum atomic E-state index is -4.43. The number of aromatic nitrogens is 1. The van der Waals surface area contributed by atoms with Gasteiger partial charge in [0.25, 0.3) is 0 Å². The fourth-order valence-electron chi connectivity index (χ4n) is 3.77. The van der Waals surface area contributed by atoms with Gasteiger partial charge in [-0.3, -0.25) is 14.7 Å². The maximum absolute atomic E-state index is 13.0. The summed E-state index contributed by atoms with van der Waals surface area (Å²) in [4.78, 5) is 18.5. The highest BCUT2D eigenvalue weighted by Crippen LogP contribution is 2.33. The van der Waals surface area contributed by atoms with Crippen LogP contribution in [-0.2, 0) is 17.5 Å². The van der Waals surface area contributed by atoms with E-state index in [1.807, 2.05) is 0 Å². The Morgan fingerprint density at radius 3 is 2.43 bits per heavy atom. The van der Waals surface area contributed by atoms with E-state index in [0.717, 1.165) is 31.6 Å². The van der Waals surface area contributed by atoms with Crippen molar-refractivity contribution >= 4 is 10.9 Å². The molecule has 0 N–H and O–H groups in total. The van der Waals surface area contributed by atoms with Gasteiger partial charge in [-0.15, -0.1) is 0 Å². The molecule has 35 heavy (non-hydrogen) atoms. The summed E-state index contributed by atoms with van der Waals surface area (Å²) in [6.07, 6.45) is 0.563. The highest BCUT2D eigenvalue weighted by atomic mass is 19.4. The van der Waals surface area contributed by atoms with Gasteiger partial charge in [-0.2, -0.15) is 13.2 Å². The van der Waals surface area contributed by atoms with Gasteiger partial charge in [-0.25, -0.2) is 0 Å². The third-order valence-electron chi connectivity index (χ3n) is 5.67. The minimum absolute atomic E-state index is 0.177. The average Bonchev–Trinajstić information content (AvgIpc) is 2.84. The first kappa shape index (κ1) is 25.0. The number of pyridine rings is 1. The van der Waals surface area contributed by atoms with Crippen molar-refractivity contribution in [2.24, 2.45) is 0 Å². The summed E-state index contributed by atoms with van der Waals surface area (Å²) in [5.74, 6) is 1.13. The second-order valence-electron chi connectivity index (χ2n) is 8.26. The lowest BCUT2D eigenvalue weighted by Crippen LogP contribution is -2.35. The summed E-state index contributed by atoms with van der Waals surface area (Å²) < 4.78 is 61.2. The molecule has 1 aliphatic heterocycles. The standard InChI is InChI=1S/C25H27F3N2O5/c26-25(27,28)18-4-5-21-20(14-18)23(6-7-29-21)33-10-2-1-3-11-34-24-17-35-19(15-22(24)31)16-30-8-12-32-13-9-30/h4-7,14-15,17H,1-3,8-13,16H2. The van der Waals surface area contributed by atoms with Crippen molar-refractivity contribution < 1.29 is 31.8 Å². The molecule has 1 saturated heterocycles. The summed E-state index contributed by atoms with van der Waals surface area (Å²) in [5.41, 5.74) is -0.511. The van der Waals surface area contributed by atoms with E-state index in [4.69, 9.17) is 18.6 Å². The van der Waals surface area contributed by atoms with Crippen LogP contribution >= 0.6 is 0 Å². The number of hydrogen-bond donors (Lipinski definition) is 0. The fourth-order valence-corrected chi connectivity index (χ4v) is 3.77. The van der Waals surface area contributed by atoms with Gasteiger partial charge in [0.1, 0.15) is 17.8 Å². The van der Waals surface area contributed by atoms with Crippen molar-refractivity contribution in [3.8, 4) is 11.5 Å². The lowest BCUT2D eigenvalue weighted by Gasteiger charge is -2.25. The molecule has 10 heteroatoms. The van der Waals surface area contributed by atoms with E-state index in [1.165, 1.54) is 24.6 Å². The predicted molar refractivity (Wildman–Crippen MR) is 123 cm³/mol. The molecule has 188 valence electrons. The predicted octanol–water partition coefficient (Wildman–Crippen LogP) is 4.67. The molecular formula is C25H27F3N2O5. The molecule has 1 fully saturated rings. The lowest BCUT2D eigenvalue weighted by atomic mass is 10.1. The number of hydrogen-bond acceptors (Lipinski definition) is 7. The highest BCUT2D eigenvalue weighted by molar-refractivity contribution is 5.85. The highest BCUT2D eigenvalue weighted by Gasteiger charge is 2.30. The topological polar surface area (TPSA) is 74.0 Å². The zero-order chi connectivity index (χ0) is 24.7. The van der Waals surface area contributed by atoms with Crippen LogP contribution in [-0.4, -0.2) is 49.4 Å². The Balaban J connectivity index is 1.19. The van der Waals surface area contributed by atoms with Crippen molar-refractivity contribution in [2.75, 3.05) is 39.5 Å². The van der Waals surface area contributed by atoms with Crippen LogP contribution in [0.5, 0.6) is 11.5 Å². The van der Waals surface area contributed by atoms with Gasteiger partial charge in [0, 0.05) is 30.7 Å². The van der Waals surface area contributed by atoms with Crippen LogP contribution < -0.4 is 14.9 Å². The number of halogens is 3. The van der Waals surface area contributed by atoms with Crippen molar-refractivity contribution in [3.63, 3.8) is 0 Å². The van der Waals surface area contributed by atoms with Crippen LogP contribution in [0.2, 0.25) is 0 Å². The zero-order valence-corrected chi connectivity index (χ0v) is 19.2. The minimum Gasteiger partial charge on any atom is -0.493 e. The molecule has 0 bridgehead atoms. The van der Waals surface area contributed by atoms with E-state index in [9.17, 15) is 18.0 Å². The first-order valence-electron chi connectivity index (χ1n) is 11.5. The van der Waals surface area contributed by atoms with E-state index < -0.39 is 11.7 Å². The quantitative estimate of drug-likeness (QED) is 0.381. The maximum Gasteiger partial charge on any atom is 0.416 e. The van der Waals surface area contributed by atoms with Gasteiger partial charge in [0.05, 0.1) is 44.1 Å². The third kappa shape index (κ3) is 6.95. The van der Waals surface area contributed by atoms with E-state index in [0.29, 0.717) is 68.2 Å². The second-order valence-corrected chi connectivity index (χ2v) is 8.26. The van der Waals surface area contributed by atoms with Crippen molar-refractivity contribution in [2.45, 2.75) is 32.0 Å². The zero-order valence-electron chi connectivity index (χ0n) is 19.2. The third-order valence-corrected chi connectivity index (χ3v) is 5.67. The molecule has 0 unspecified atom stereocenters. The van der Waals surface area contributed by atoms with Gasteiger partial charge in [0.2, 0.25) is 11.2 Å². The Morgan fingerprint density at radius 1 is 0.971 bits per heavy atom. The fraction of sp³-hybridized carbons (Fsp3) is 0.440. The molecule has 0 aliphatic carbocycles. The number of fused-ring (bicyclic) bond motifs is 1. The van der Waals surface area contributed by atoms with E-state index in [1.54, 1.807) is 6.07 Å². The van der Waals surface area contributed by atoms with Crippen LogP contribution in [0.25, 0.3) is 10.9 Å². The molecule has 3 aromatic rings. The number of morpholine rings is 1. The first-order valence-corrected chi connectivity index (χ1v) is 11.5. The lowest BCUT2D eigenvalue weighted by molar-refractivity contribution is -0.137. The molecule has 0 amide bonds. The van der Waals surface area contributed by atoms with Crippen molar-refractivity contribution in [1.82, 2.24) is 9.88 Å². The summed E-state index contributed by atoms with van der Waals surface area (Å²) in [6, 6.07) is 6.43. The van der Waals surface area contributed by atoms with Gasteiger partial charge in [-0.05, 0) is 43.5 Å². The van der Waals surface area contributed by atoms with Crippen LogP contribution in [0, 0.1) is 0 Å². The first-order chi connectivity index (χ1) is 16.9. The summed E-state index contributed by atoms with van der Waals surface area (Å²) >= 11 is 0. The van der Waals surface area contributed by atoms with Gasteiger partial charge in [-0.1, -0.05) is 0 Å². The molecule has 0 spiro atoms. The van der Waals surface area contributed by atoms with Crippen LogP contribution in [0.4, 0.5) is 13.2 Å². The maximum atomic E-state index is 13.0. The number of ether oxygens (including phenoxy) is 3. The van der Waals surface area contributed by atoms with Crippen molar-refractivity contribution in [1.29, 1.82) is 0 Å². The molecule has 2 aromatic heterocycles. The smallest absolute Gasteiger partial charge is 0.416 e. The summed E-state index contributed by atoms with van der Waals surface area (Å²) in [5, 5.41) is 0.328. The molecule has 0 saturated carbocycles. The Morgan fingerprint density at radius 2 is 1.71 bits per heavy atom. The Labute approximate surface area is 200 Å². The van der Waals surface area contributed by atoms with Crippen LogP contribution in [0.1, 0.15) is 30.6 Å².